The molecule has 3 aromatic carbocycles. The Morgan fingerprint density at radius 1 is 0.767 bits per heavy atom. The molecule has 0 fully saturated rings. The van der Waals surface area contributed by atoms with Crippen LogP contribution >= 0.6 is 11.6 Å². The summed E-state index contributed by atoms with van der Waals surface area (Å²) in [7, 11) is 3.22. The molecule has 0 bridgehead atoms. The minimum absolute atomic E-state index is 0.554. The first-order valence-corrected chi connectivity index (χ1v) is 9.69. The Morgan fingerprint density at radius 2 is 1.53 bits per heavy atom. The first kappa shape index (κ1) is 18.4. The summed E-state index contributed by atoms with van der Waals surface area (Å²) in [6, 6.07) is 21.0. The third-order valence-corrected chi connectivity index (χ3v) is 5.11. The quantitative estimate of drug-likeness (QED) is 0.397. The Kier molecular flexibility index (Phi) is 4.48. The second kappa shape index (κ2) is 7.31. The van der Waals surface area contributed by atoms with Crippen LogP contribution in [0.1, 0.15) is 0 Å². The van der Waals surface area contributed by atoms with Crippen molar-refractivity contribution in [1.82, 2.24) is 19.5 Å². The van der Waals surface area contributed by atoms with Crippen LogP contribution in [0, 0.1) is 0 Å². The van der Waals surface area contributed by atoms with Crippen LogP contribution in [0.15, 0.2) is 66.7 Å². The number of imidazole rings is 1. The lowest BCUT2D eigenvalue weighted by molar-refractivity contribution is 0.355. The summed E-state index contributed by atoms with van der Waals surface area (Å²) in [6.45, 7) is 0. The highest BCUT2D eigenvalue weighted by molar-refractivity contribution is 6.30. The molecule has 0 amide bonds. The topological polar surface area (TPSA) is 62.1 Å². The van der Waals surface area contributed by atoms with Gasteiger partial charge in [0.15, 0.2) is 22.8 Å². The molecular weight excluding hydrogens is 400 g/mol. The number of fused-ring (bicyclic) bond motifs is 2. The zero-order chi connectivity index (χ0) is 20.7. The molecule has 0 atom stereocenters. The minimum atomic E-state index is 0.554. The van der Waals surface area contributed by atoms with Gasteiger partial charge in [-0.2, -0.15) is 0 Å². The van der Waals surface area contributed by atoms with E-state index < -0.39 is 0 Å². The number of para-hydroxylation sites is 2. The Bertz CT molecular complexity index is 1400. The highest BCUT2D eigenvalue weighted by Crippen LogP contribution is 2.34. The molecule has 0 aliphatic rings. The van der Waals surface area contributed by atoms with E-state index in [4.69, 9.17) is 36.0 Å². The summed E-state index contributed by atoms with van der Waals surface area (Å²) >= 11 is 6.26. The Labute approximate surface area is 177 Å². The van der Waals surface area contributed by atoms with E-state index in [1.807, 2.05) is 71.3 Å². The summed E-state index contributed by atoms with van der Waals surface area (Å²) in [4.78, 5) is 14.4. The Morgan fingerprint density at radius 3 is 2.27 bits per heavy atom. The van der Waals surface area contributed by atoms with Crippen molar-refractivity contribution in [3.63, 3.8) is 0 Å². The van der Waals surface area contributed by atoms with Crippen LogP contribution in [0.3, 0.4) is 0 Å². The highest BCUT2D eigenvalue weighted by Gasteiger charge is 2.19. The van der Waals surface area contributed by atoms with Gasteiger partial charge in [-0.3, -0.25) is 4.57 Å². The van der Waals surface area contributed by atoms with Crippen molar-refractivity contribution < 1.29 is 9.47 Å². The monoisotopic (exact) mass is 416 g/mol. The molecule has 0 aliphatic carbocycles. The molecule has 0 unspecified atom stereocenters. The van der Waals surface area contributed by atoms with Crippen molar-refractivity contribution >= 4 is 33.9 Å². The normalized spacial score (nSPS) is 11.2. The second-order valence-electron chi connectivity index (χ2n) is 6.68. The smallest absolute Gasteiger partial charge is 0.199 e. The molecule has 30 heavy (non-hydrogen) atoms. The maximum atomic E-state index is 6.26. The molecule has 0 N–H and O–H groups in total. The van der Waals surface area contributed by atoms with E-state index in [1.54, 1.807) is 14.2 Å². The van der Waals surface area contributed by atoms with Crippen LogP contribution in [0.2, 0.25) is 5.02 Å². The molecule has 0 aliphatic heterocycles. The average molecular weight is 417 g/mol. The maximum Gasteiger partial charge on any atom is 0.199 e. The lowest BCUT2D eigenvalue weighted by atomic mass is 10.2. The van der Waals surface area contributed by atoms with Crippen molar-refractivity contribution in [3.05, 3.63) is 71.8 Å². The fourth-order valence-corrected chi connectivity index (χ4v) is 3.68. The van der Waals surface area contributed by atoms with E-state index >= 15 is 0 Å². The van der Waals surface area contributed by atoms with Gasteiger partial charge in [-0.25, -0.2) is 15.0 Å². The SMILES string of the molecule is COc1ccc(-n2c(-c3cccc(Cl)c3)nc3nc4ccccc4nc32)cc1OC. The van der Waals surface area contributed by atoms with Gasteiger partial charge in [0.25, 0.3) is 0 Å². The van der Waals surface area contributed by atoms with Crippen LogP contribution in [0.5, 0.6) is 11.5 Å². The third-order valence-electron chi connectivity index (χ3n) is 4.88. The van der Waals surface area contributed by atoms with Gasteiger partial charge in [0.05, 0.1) is 30.9 Å². The van der Waals surface area contributed by atoms with Gasteiger partial charge in [-0.1, -0.05) is 35.9 Å². The van der Waals surface area contributed by atoms with Crippen LogP contribution in [0.4, 0.5) is 0 Å². The number of hydrogen-bond donors (Lipinski definition) is 0. The molecule has 7 heteroatoms. The van der Waals surface area contributed by atoms with E-state index in [-0.39, 0.29) is 0 Å². The first-order valence-electron chi connectivity index (χ1n) is 9.31. The number of benzene rings is 3. The van der Waals surface area contributed by atoms with Gasteiger partial charge >= 0.3 is 0 Å². The summed E-state index contributed by atoms with van der Waals surface area (Å²) in [6.07, 6.45) is 0. The van der Waals surface area contributed by atoms with Crippen molar-refractivity contribution in [3.8, 4) is 28.6 Å². The molecule has 6 nitrogen and oxygen atoms in total. The van der Waals surface area contributed by atoms with Crippen LogP contribution < -0.4 is 9.47 Å². The summed E-state index contributed by atoms with van der Waals surface area (Å²) in [5.74, 6) is 1.95. The minimum Gasteiger partial charge on any atom is -0.493 e. The molecule has 5 aromatic rings. The van der Waals surface area contributed by atoms with Crippen molar-refractivity contribution in [1.29, 1.82) is 0 Å². The van der Waals surface area contributed by atoms with Crippen LogP contribution in [-0.4, -0.2) is 33.7 Å². The van der Waals surface area contributed by atoms with Crippen LogP contribution in [-0.2, 0) is 0 Å². The van der Waals surface area contributed by atoms with E-state index in [9.17, 15) is 0 Å². The first-order chi connectivity index (χ1) is 14.7. The van der Waals surface area contributed by atoms with E-state index in [1.165, 1.54) is 0 Å². The Balaban J connectivity index is 1.85. The van der Waals surface area contributed by atoms with Gasteiger partial charge in [-0.05, 0) is 36.4 Å². The number of ether oxygens (including phenoxy) is 2. The Hall–Kier alpha value is -3.64. The number of rotatable bonds is 4. The van der Waals surface area contributed by atoms with Crippen molar-refractivity contribution in [2.45, 2.75) is 0 Å². The van der Waals surface area contributed by atoms with Gasteiger partial charge in [0.2, 0.25) is 0 Å². The standard InChI is InChI=1S/C23H17ClN4O2/c1-29-19-11-10-16(13-20(19)30-2)28-22(14-6-5-7-15(24)12-14)27-21-23(28)26-18-9-4-3-8-17(18)25-21/h3-13H,1-2H3. The lowest BCUT2D eigenvalue weighted by Crippen LogP contribution is -2.01. The number of nitrogens with zero attached hydrogens (tertiary/aromatic N) is 4. The van der Waals surface area contributed by atoms with E-state index in [0.29, 0.717) is 33.6 Å². The maximum absolute atomic E-state index is 6.26. The van der Waals surface area contributed by atoms with E-state index in [0.717, 1.165) is 22.3 Å². The number of halogens is 1. The van der Waals surface area contributed by atoms with Gasteiger partial charge < -0.3 is 9.47 Å². The zero-order valence-electron chi connectivity index (χ0n) is 16.3. The molecule has 148 valence electrons. The highest BCUT2D eigenvalue weighted by atomic mass is 35.5. The zero-order valence-corrected chi connectivity index (χ0v) is 17.1. The summed E-state index contributed by atoms with van der Waals surface area (Å²) < 4.78 is 12.9. The molecule has 0 radical (unpaired) electrons. The molecule has 0 saturated carbocycles. The van der Waals surface area contributed by atoms with Crippen molar-refractivity contribution in [2.75, 3.05) is 14.2 Å². The predicted molar refractivity (Wildman–Crippen MR) is 118 cm³/mol. The lowest BCUT2D eigenvalue weighted by Gasteiger charge is -2.13. The fourth-order valence-electron chi connectivity index (χ4n) is 3.49. The molecule has 0 spiro atoms. The number of aromatic nitrogens is 4. The summed E-state index contributed by atoms with van der Waals surface area (Å²) in [5, 5.41) is 0.629. The summed E-state index contributed by atoms with van der Waals surface area (Å²) in [5.41, 5.74) is 4.48. The third kappa shape index (κ3) is 3.02. The van der Waals surface area contributed by atoms with Crippen LogP contribution in [0.25, 0.3) is 39.4 Å². The van der Waals surface area contributed by atoms with Crippen molar-refractivity contribution in [2.24, 2.45) is 0 Å². The molecule has 2 heterocycles. The molecule has 2 aromatic heterocycles. The molecule has 0 saturated heterocycles. The molecule has 5 rings (SSSR count). The number of methoxy groups -OCH3 is 2. The largest absolute Gasteiger partial charge is 0.493 e. The van der Waals surface area contributed by atoms with Gasteiger partial charge in [-0.15, -0.1) is 0 Å². The van der Waals surface area contributed by atoms with Gasteiger partial charge in [0, 0.05) is 16.7 Å². The predicted octanol–water partition coefficient (Wildman–Crippen LogP) is 5.31. The number of hydrogen-bond acceptors (Lipinski definition) is 5. The van der Waals surface area contributed by atoms with Gasteiger partial charge in [0.1, 0.15) is 5.82 Å². The van der Waals surface area contributed by atoms with E-state index in [2.05, 4.69) is 0 Å². The second-order valence-corrected chi connectivity index (χ2v) is 7.12. The average Bonchev–Trinajstić information content (AvgIpc) is 3.15. The fraction of sp³-hybridized carbons (Fsp3) is 0.0870. The molecular formula is C23H17ClN4O2.